The van der Waals surface area contributed by atoms with Crippen LogP contribution < -0.4 is 10.6 Å². The summed E-state index contributed by atoms with van der Waals surface area (Å²) < 4.78 is 0. The predicted molar refractivity (Wildman–Crippen MR) is 58.5 cm³/mol. The van der Waals surface area contributed by atoms with Crippen LogP contribution in [0.4, 0.5) is 0 Å². The second kappa shape index (κ2) is 5.36. The molecule has 0 aromatic carbocycles. The highest BCUT2D eigenvalue weighted by atomic mass is 32.1. The molecule has 1 aliphatic rings. The van der Waals surface area contributed by atoms with E-state index in [-0.39, 0.29) is 0 Å². The summed E-state index contributed by atoms with van der Waals surface area (Å²) in [5.41, 5.74) is 0. The Balaban J connectivity index is 2.05. The largest absolute Gasteiger partial charge is 0.350 e. The van der Waals surface area contributed by atoms with Crippen molar-refractivity contribution in [3.8, 4) is 0 Å². The Hall–Kier alpha value is -0.390. The molecule has 0 aliphatic carbocycles. The fourth-order valence-corrected chi connectivity index (χ4v) is 1.38. The van der Waals surface area contributed by atoms with Crippen LogP contribution in [0.25, 0.3) is 0 Å². The quantitative estimate of drug-likeness (QED) is 0.608. The summed E-state index contributed by atoms with van der Waals surface area (Å²) in [5.74, 6) is 0. The van der Waals surface area contributed by atoms with Crippen molar-refractivity contribution >= 4 is 17.3 Å². The lowest BCUT2D eigenvalue weighted by Crippen LogP contribution is -2.54. The Bertz CT molecular complexity index is 162. The molecule has 1 aliphatic heterocycles. The number of rotatable bonds is 4. The SMILES string of the molecule is CN(C)CCCN1CNC(=S)NC1. The van der Waals surface area contributed by atoms with Crippen molar-refractivity contribution in [2.45, 2.75) is 6.42 Å². The summed E-state index contributed by atoms with van der Waals surface area (Å²) in [4.78, 5) is 4.51. The van der Waals surface area contributed by atoms with Gasteiger partial charge in [0.25, 0.3) is 0 Å². The first-order valence-electron chi connectivity index (χ1n) is 4.57. The summed E-state index contributed by atoms with van der Waals surface area (Å²) >= 11 is 4.96. The Morgan fingerprint density at radius 3 is 2.54 bits per heavy atom. The maximum Gasteiger partial charge on any atom is 0.168 e. The Morgan fingerprint density at radius 2 is 2.00 bits per heavy atom. The zero-order valence-electron chi connectivity index (χ0n) is 8.34. The fraction of sp³-hybridized carbons (Fsp3) is 0.875. The minimum Gasteiger partial charge on any atom is -0.350 e. The van der Waals surface area contributed by atoms with Gasteiger partial charge in [0.1, 0.15) is 0 Å². The average Bonchev–Trinajstić information content (AvgIpc) is 2.08. The second-order valence-corrected chi connectivity index (χ2v) is 3.96. The average molecular weight is 202 g/mol. The minimum absolute atomic E-state index is 0.767. The van der Waals surface area contributed by atoms with E-state index in [1.807, 2.05) is 0 Å². The van der Waals surface area contributed by atoms with Crippen LogP contribution >= 0.6 is 12.2 Å². The summed E-state index contributed by atoms with van der Waals surface area (Å²) in [5, 5.41) is 6.97. The van der Waals surface area contributed by atoms with Gasteiger partial charge in [-0.3, -0.25) is 4.90 Å². The van der Waals surface area contributed by atoms with E-state index in [0.717, 1.165) is 31.5 Å². The predicted octanol–water partition coefficient (Wildman–Crippen LogP) is -0.367. The van der Waals surface area contributed by atoms with E-state index >= 15 is 0 Å². The van der Waals surface area contributed by atoms with E-state index in [1.54, 1.807) is 0 Å². The second-order valence-electron chi connectivity index (χ2n) is 3.55. The topological polar surface area (TPSA) is 30.5 Å². The molecule has 0 amide bonds. The van der Waals surface area contributed by atoms with E-state index in [2.05, 4.69) is 34.5 Å². The van der Waals surface area contributed by atoms with Crippen LogP contribution in [0.2, 0.25) is 0 Å². The van der Waals surface area contributed by atoms with Crippen LogP contribution in [-0.2, 0) is 0 Å². The molecule has 2 N–H and O–H groups in total. The van der Waals surface area contributed by atoms with Gasteiger partial charge in [-0.15, -0.1) is 0 Å². The summed E-state index contributed by atoms with van der Waals surface area (Å²) in [7, 11) is 4.20. The molecule has 0 saturated carbocycles. The lowest BCUT2D eigenvalue weighted by Gasteiger charge is -2.29. The van der Waals surface area contributed by atoms with Crippen molar-refractivity contribution in [2.75, 3.05) is 40.5 Å². The van der Waals surface area contributed by atoms with Gasteiger partial charge in [0.15, 0.2) is 5.11 Å². The number of nitrogens with zero attached hydrogens (tertiary/aromatic N) is 2. The molecule has 0 atom stereocenters. The molecule has 76 valence electrons. The molecule has 13 heavy (non-hydrogen) atoms. The number of hydrogen-bond donors (Lipinski definition) is 2. The van der Waals surface area contributed by atoms with Crippen molar-refractivity contribution in [2.24, 2.45) is 0 Å². The van der Waals surface area contributed by atoms with Crippen molar-refractivity contribution in [3.05, 3.63) is 0 Å². The smallest absolute Gasteiger partial charge is 0.168 e. The standard InChI is InChI=1S/C8H18N4S/c1-11(2)4-3-5-12-6-9-8(13)10-7-12/h3-7H2,1-2H3,(H2,9,10,13). The van der Waals surface area contributed by atoms with Gasteiger partial charge in [0, 0.05) is 6.54 Å². The van der Waals surface area contributed by atoms with Gasteiger partial charge >= 0.3 is 0 Å². The van der Waals surface area contributed by atoms with Gasteiger partial charge in [0.2, 0.25) is 0 Å². The molecule has 5 heteroatoms. The zero-order valence-corrected chi connectivity index (χ0v) is 9.15. The van der Waals surface area contributed by atoms with Crippen LogP contribution in [0.5, 0.6) is 0 Å². The first-order valence-corrected chi connectivity index (χ1v) is 4.98. The molecule has 1 saturated heterocycles. The normalized spacial score (nSPS) is 18.5. The van der Waals surface area contributed by atoms with E-state index < -0.39 is 0 Å². The fourth-order valence-electron chi connectivity index (χ4n) is 1.25. The monoisotopic (exact) mass is 202 g/mol. The number of nitrogens with one attached hydrogen (secondary N) is 2. The van der Waals surface area contributed by atoms with E-state index in [1.165, 1.54) is 6.42 Å². The summed E-state index contributed by atoms with van der Waals surface area (Å²) in [6.45, 7) is 4.00. The molecule has 0 aromatic heterocycles. The first-order chi connectivity index (χ1) is 6.18. The van der Waals surface area contributed by atoms with E-state index in [4.69, 9.17) is 12.2 Å². The Morgan fingerprint density at radius 1 is 1.38 bits per heavy atom. The van der Waals surface area contributed by atoms with Gasteiger partial charge in [-0.1, -0.05) is 0 Å². The van der Waals surface area contributed by atoms with E-state index in [9.17, 15) is 0 Å². The minimum atomic E-state index is 0.767. The van der Waals surface area contributed by atoms with Crippen LogP contribution in [-0.4, -0.2) is 55.4 Å². The Kier molecular flexibility index (Phi) is 4.41. The van der Waals surface area contributed by atoms with Crippen LogP contribution in [0.3, 0.4) is 0 Å². The molecular weight excluding hydrogens is 184 g/mol. The molecule has 4 nitrogen and oxygen atoms in total. The third-order valence-electron chi connectivity index (χ3n) is 2.01. The maximum atomic E-state index is 4.96. The van der Waals surface area contributed by atoms with Gasteiger partial charge in [-0.25, -0.2) is 0 Å². The maximum absolute atomic E-state index is 4.96. The van der Waals surface area contributed by atoms with Gasteiger partial charge in [0.05, 0.1) is 13.3 Å². The molecule has 0 unspecified atom stereocenters. The molecule has 1 rings (SSSR count). The lowest BCUT2D eigenvalue weighted by molar-refractivity contribution is 0.230. The zero-order chi connectivity index (χ0) is 9.68. The van der Waals surface area contributed by atoms with Crippen LogP contribution in [0, 0.1) is 0 Å². The first kappa shape index (κ1) is 10.7. The third kappa shape index (κ3) is 4.40. The highest BCUT2D eigenvalue weighted by molar-refractivity contribution is 7.80. The van der Waals surface area contributed by atoms with Crippen molar-refractivity contribution in [1.82, 2.24) is 20.4 Å². The third-order valence-corrected chi connectivity index (χ3v) is 2.29. The van der Waals surface area contributed by atoms with Crippen LogP contribution in [0.15, 0.2) is 0 Å². The molecule has 1 heterocycles. The lowest BCUT2D eigenvalue weighted by atomic mass is 10.4. The van der Waals surface area contributed by atoms with Crippen molar-refractivity contribution in [1.29, 1.82) is 0 Å². The van der Waals surface area contributed by atoms with Crippen molar-refractivity contribution < 1.29 is 0 Å². The summed E-state index contributed by atoms with van der Waals surface area (Å²) in [6.07, 6.45) is 1.20. The highest BCUT2D eigenvalue weighted by Crippen LogP contribution is 1.93. The number of thiocarbonyl (C=S) groups is 1. The van der Waals surface area contributed by atoms with Gasteiger partial charge in [-0.05, 0) is 39.3 Å². The number of hydrogen-bond acceptors (Lipinski definition) is 3. The molecule has 0 radical (unpaired) electrons. The molecule has 0 spiro atoms. The van der Waals surface area contributed by atoms with E-state index in [0.29, 0.717) is 0 Å². The van der Waals surface area contributed by atoms with Gasteiger partial charge < -0.3 is 15.5 Å². The van der Waals surface area contributed by atoms with Crippen LogP contribution in [0.1, 0.15) is 6.42 Å². The summed E-state index contributed by atoms with van der Waals surface area (Å²) in [6, 6.07) is 0. The highest BCUT2D eigenvalue weighted by Gasteiger charge is 2.10. The van der Waals surface area contributed by atoms with Crippen molar-refractivity contribution in [3.63, 3.8) is 0 Å². The van der Waals surface area contributed by atoms with Gasteiger partial charge in [-0.2, -0.15) is 0 Å². The molecular formula is C8H18N4S. The molecule has 1 fully saturated rings. The Labute approximate surface area is 85.3 Å². The molecule has 0 bridgehead atoms. The molecule has 0 aromatic rings.